The second kappa shape index (κ2) is 7.20. The number of ether oxygens (including phenoxy) is 1. The zero-order valence-corrected chi connectivity index (χ0v) is 15.8. The summed E-state index contributed by atoms with van der Waals surface area (Å²) in [6.07, 6.45) is 1.75. The van der Waals surface area contributed by atoms with Crippen LogP contribution in [0.4, 0.5) is 0 Å². The first kappa shape index (κ1) is 17.1. The van der Waals surface area contributed by atoms with Crippen LogP contribution in [0.25, 0.3) is 10.9 Å². The third-order valence-corrected chi connectivity index (χ3v) is 5.36. The Hall–Kier alpha value is -2.99. The molecule has 28 heavy (non-hydrogen) atoms. The van der Waals surface area contributed by atoms with Crippen molar-refractivity contribution in [2.75, 3.05) is 6.61 Å². The minimum absolute atomic E-state index is 0.443. The highest BCUT2D eigenvalue weighted by atomic mass is 35.5. The summed E-state index contributed by atoms with van der Waals surface area (Å²) >= 11 is 6.12. The van der Waals surface area contributed by atoms with E-state index < -0.39 is 0 Å². The lowest BCUT2D eigenvalue weighted by molar-refractivity contribution is 0.318. The van der Waals surface area contributed by atoms with Gasteiger partial charge >= 0.3 is 0 Å². The van der Waals surface area contributed by atoms with Crippen molar-refractivity contribution in [1.82, 2.24) is 25.6 Å². The maximum atomic E-state index is 6.12. The minimum Gasteiger partial charge on any atom is -0.493 e. The molecule has 1 N–H and O–H groups in total. The van der Waals surface area contributed by atoms with Crippen molar-refractivity contribution in [3.8, 4) is 5.75 Å². The van der Waals surface area contributed by atoms with E-state index in [2.05, 4.69) is 44.9 Å². The molecular weight excluding hydrogens is 374 g/mol. The lowest BCUT2D eigenvalue weighted by Crippen LogP contribution is -2.03. The minimum atomic E-state index is 0.443. The molecule has 0 saturated heterocycles. The largest absolute Gasteiger partial charge is 0.493 e. The third-order valence-electron chi connectivity index (χ3n) is 5.13. The van der Waals surface area contributed by atoms with Gasteiger partial charge in [-0.2, -0.15) is 0 Å². The predicted molar refractivity (Wildman–Crippen MR) is 107 cm³/mol. The summed E-state index contributed by atoms with van der Waals surface area (Å²) < 4.78 is 5.86. The summed E-state index contributed by atoms with van der Waals surface area (Å²) in [6.45, 7) is 0.529. The van der Waals surface area contributed by atoms with Gasteiger partial charge in [0.15, 0.2) is 5.82 Å². The highest BCUT2D eigenvalue weighted by Crippen LogP contribution is 2.54. The highest BCUT2D eigenvalue weighted by Gasteiger charge is 2.40. The van der Waals surface area contributed by atoms with Crippen LogP contribution in [0.15, 0.2) is 54.6 Å². The molecule has 1 fully saturated rings. The van der Waals surface area contributed by atoms with Crippen LogP contribution in [0.2, 0.25) is 5.02 Å². The van der Waals surface area contributed by atoms with Crippen LogP contribution in [0.3, 0.4) is 0 Å². The number of hydrogen-bond acceptors (Lipinski definition) is 5. The summed E-state index contributed by atoms with van der Waals surface area (Å²) in [5, 5.41) is 15.6. The molecule has 6 nitrogen and oxygen atoms in total. The van der Waals surface area contributed by atoms with Crippen LogP contribution in [0.5, 0.6) is 5.75 Å². The Balaban J connectivity index is 1.27. The van der Waals surface area contributed by atoms with Crippen molar-refractivity contribution in [2.45, 2.75) is 24.7 Å². The molecule has 140 valence electrons. The average molecular weight is 392 g/mol. The second-order valence-corrected chi connectivity index (χ2v) is 7.48. The zero-order valence-electron chi connectivity index (χ0n) is 15.0. The fraction of sp³-hybridized carbons (Fsp3) is 0.238. The van der Waals surface area contributed by atoms with Gasteiger partial charge in [-0.15, -0.1) is 5.10 Å². The number of nitrogens with zero attached hydrogens (tertiary/aromatic N) is 4. The Morgan fingerprint density at radius 1 is 1.07 bits per heavy atom. The topological polar surface area (TPSA) is 76.6 Å². The molecule has 1 aliphatic carbocycles. The van der Waals surface area contributed by atoms with Gasteiger partial charge in [0.05, 0.1) is 12.1 Å². The maximum Gasteiger partial charge on any atom is 0.151 e. The molecule has 1 saturated carbocycles. The summed E-state index contributed by atoms with van der Waals surface area (Å²) in [5.41, 5.74) is 3.37. The van der Waals surface area contributed by atoms with E-state index in [9.17, 15) is 0 Å². The fourth-order valence-electron chi connectivity index (χ4n) is 3.59. The van der Waals surface area contributed by atoms with E-state index in [0.717, 1.165) is 39.6 Å². The van der Waals surface area contributed by atoms with Crippen LogP contribution >= 0.6 is 11.6 Å². The molecule has 2 aromatic carbocycles. The molecular formula is C21H18ClN5O. The molecule has 0 spiro atoms. The van der Waals surface area contributed by atoms with Crippen LogP contribution in [-0.4, -0.2) is 32.2 Å². The Kier molecular flexibility index (Phi) is 4.41. The molecule has 0 bridgehead atoms. The van der Waals surface area contributed by atoms with Gasteiger partial charge in [0.2, 0.25) is 0 Å². The molecule has 5 rings (SSSR count). The number of aromatic nitrogens is 5. The maximum absolute atomic E-state index is 6.12. The van der Waals surface area contributed by atoms with Crippen molar-refractivity contribution < 1.29 is 4.74 Å². The zero-order chi connectivity index (χ0) is 18.9. The van der Waals surface area contributed by atoms with E-state index in [1.165, 1.54) is 5.56 Å². The van der Waals surface area contributed by atoms with Crippen LogP contribution in [0, 0.1) is 0 Å². The van der Waals surface area contributed by atoms with E-state index in [0.29, 0.717) is 24.9 Å². The first-order valence-electron chi connectivity index (χ1n) is 9.28. The molecule has 1 aliphatic rings. The first-order valence-corrected chi connectivity index (χ1v) is 9.65. The van der Waals surface area contributed by atoms with E-state index in [1.54, 1.807) is 0 Å². The molecule has 0 aliphatic heterocycles. The number of rotatable bonds is 6. The van der Waals surface area contributed by atoms with E-state index in [-0.39, 0.29) is 0 Å². The van der Waals surface area contributed by atoms with Crippen LogP contribution < -0.4 is 4.74 Å². The highest BCUT2D eigenvalue weighted by molar-refractivity contribution is 6.31. The number of halogens is 1. The van der Waals surface area contributed by atoms with Gasteiger partial charge in [0, 0.05) is 28.4 Å². The molecule has 2 heterocycles. The van der Waals surface area contributed by atoms with Gasteiger partial charge in [-0.05, 0) is 58.7 Å². The lowest BCUT2D eigenvalue weighted by Gasteiger charge is -2.08. The summed E-state index contributed by atoms with van der Waals surface area (Å²) in [6, 6.07) is 18.4. The summed E-state index contributed by atoms with van der Waals surface area (Å²) in [5.74, 6) is 2.51. The standard InChI is InChI=1S/C21H18ClN5O/c22-15-6-4-13-5-7-19(23-20(13)11-15)18-12-17(18)14-2-1-3-16(10-14)28-9-8-21-24-26-27-25-21/h1-7,10-11,17-18H,8-9,12H2,(H,24,25,26,27). The van der Waals surface area contributed by atoms with Gasteiger partial charge in [0.25, 0.3) is 0 Å². The normalized spacial score (nSPS) is 18.3. The monoisotopic (exact) mass is 391 g/mol. The molecule has 4 aromatic rings. The van der Waals surface area contributed by atoms with Gasteiger partial charge < -0.3 is 4.74 Å². The third kappa shape index (κ3) is 3.55. The SMILES string of the molecule is Clc1ccc2ccc(C3CC3c3cccc(OCCc4nnn[nH]4)c3)nc2c1. The molecule has 7 heteroatoms. The number of H-pyrrole nitrogens is 1. The van der Waals surface area contributed by atoms with Gasteiger partial charge in [-0.3, -0.25) is 4.98 Å². The number of hydrogen-bond donors (Lipinski definition) is 1. The smallest absolute Gasteiger partial charge is 0.151 e. The molecule has 2 aromatic heterocycles. The molecule has 0 radical (unpaired) electrons. The number of benzene rings is 2. The van der Waals surface area contributed by atoms with Crippen LogP contribution in [0.1, 0.15) is 35.3 Å². The predicted octanol–water partition coefficient (Wildman–Crippen LogP) is 4.29. The fourth-order valence-corrected chi connectivity index (χ4v) is 3.75. The average Bonchev–Trinajstić information content (AvgIpc) is 3.35. The number of pyridine rings is 1. The van der Waals surface area contributed by atoms with E-state index >= 15 is 0 Å². The summed E-state index contributed by atoms with van der Waals surface area (Å²) in [4.78, 5) is 4.84. The van der Waals surface area contributed by atoms with Crippen molar-refractivity contribution >= 4 is 22.5 Å². The van der Waals surface area contributed by atoms with Crippen molar-refractivity contribution in [3.63, 3.8) is 0 Å². The van der Waals surface area contributed by atoms with Gasteiger partial charge in [0.1, 0.15) is 5.75 Å². The Morgan fingerprint density at radius 2 is 2.00 bits per heavy atom. The number of aromatic amines is 1. The summed E-state index contributed by atoms with van der Waals surface area (Å²) in [7, 11) is 0. The Bertz CT molecular complexity index is 1110. The molecule has 2 atom stereocenters. The van der Waals surface area contributed by atoms with E-state index in [4.69, 9.17) is 21.3 Å². The van der Waals surface area contributed by atoms with Crippen molar-refractivity contribution in [3.05, 3.63) is 76.7 Å². The number of fused-ring (bicyclic) bond motifs is 1. The number of tetrazole rings is 1. The lowest BCUT2D eigenvalue weighted by atomic mass is 10.1. The van der Waals surface area contributed by atoms with Crippen LogP contribution in [-0.2, 0) is 6.42 Å². The van der Waals surface area contributed by atoms with Crippen molar-refractivity contribution in [2.24, 2.45) is 0 Å². The first-order chi connectivity index (χ1) is 13.8. The quantitative estimate of drug-likeness (QED) is 0.530. The Labute approximate surface area is 166 Å². The van der Waals surface area contributed by atoms with Gasteiger partial charge in [-0.25, -0.2) is 5.10 Å². The second-order valence-electron chi connectivity index (χ2n) is 7.04. The Morgan fingerprint density at radius 3 is 2.89 bits per heavy atom. The molecule has 2 unspecified atom stereocenters. The van der Waals surface area contributed by atoms with Crippen molar-refractivity contribution in [1.29, 1.82) is 0 Å². The molecule has 0 amide bonds. The number of nitrogens with one attached hydrogen (secondary N) is 1. The van der Waals surface area contributed by atoms with E-state index in [1.807, 2.05) is 30.3 Å². The van der Waals surface area contributed by atoms with Gasteiger partial charge in [-0.1, -0.05) is 35.9 Å².